The molecular formula is C15H23N3O2. The lowest BCUT2D eigenvalue weighted by atomic mass is 10.0. The lowest BCUT2D eigenvalue weighted by molar-refractivity contribution is 0.0526. The minimum absolute atomic E-state index is 0.309. The van der Waals surface area contributed by atoms with Crippen LogP contribution in [0.3, 0.4) is 0 Å². The third-order valence-corrected chi connectivity index (χ3v) is 3.71. The number of aromatic nitrogens is 1. The fourth-order valence-electron chi connectivity index (χ4n) is 2.49. The van der Waals surface area contributed by atoms with Crippen LogP contribution in [0, 0.1) is 0 Å². The van der Waals surface area contributed by atoms with Crippen LogP contribution in [0.1, 0.15) is 30.1 Å². The lowest BCUT2D eigenvalue weighted by Crippen LogP contribution is -2.45. The summed E-state index contributed by atoms with van der Waals surface area (Å²) in [5.74, 6) is 0.626. The van der Waals surface area contributed by atoms with Crippen LogP contribution in [-0.2, 0) is 4.74 Å². The van der Waals surface area contributed by atoms with Crippen molar-refractivity contribution in [1.82, 2.24) is 9.88 Å². The van der Waals surface area contributed by atoms with Crippen LogP contribution >= 0.6 is 0 Å². The number of piperidine rings is 1. The maximum absolute atomic E-state index is 11.6. The Hall–Kier alpha value is -1.62. The molecule has 0 N–H and O–H groups in total. The van der Waals surface area contributed by atoms with Crippen LogP contribution < -0.4 is 4.90 Å². The Balaban J connectivity index is 2.04. The Morgan fingerprint density at radius 1 is 1.50 bits per heavy atom. The number of likely N-dealkylation sites (N-methyl/N-ethyl adjacent to an activating group) is 1. The summed E-state index contributed by atoms with van der Waals surface area (Å²) in [4.78, 5) is 20.5. The van der Waals surface area contributed by atoms with Crippen LogP contribution in [-0.4, -0.2) is 55.7 Å². The fraction of sp³-hybridized carbons (Fsp3) is 0.600. The number of pyridine rings is 1. The normalized spacial score (nSPS) is 19.2. The van der Waals surface area contributed by atoms with E-state index in [1.54, 1.807) is 19.2 Å². The number of nitrogens with zero attached hydrogens (tertiary/aromatic N) is 3. The molecule has 1 aliphatic rings. The number of ether oxygens (including phenoxy) is 1. The highest BCUT2D eigenvalue weighted by Crippen LogP contribution is 2.20. The van der Waals surface area contributed by atoms with Gasteiger partial charge in [0, 0.05) is 25.3 Å². The fourth-order valence-corrected chi connectivity index (χ4v) is 2.49. The van der Waals surface area contributed by atoms with E-state index < -0.39 is 0 Å². The van der Waals surface area contributed by atoms with Gasteiger partial charge in [0.25, 0.3) is 0 Å². The first-order chi connectivity index (χ1) is 9.61. The van der Waals surface area contributed by atoms with Gasteiger partial charge in [-0.3, -0.25) is 0 Å². The van der Waals surface area contributed by atoms with E-state index in [-0.39, 0.29) is 5.97 Å². The Labute approximate surface area is 120 Å². The molecule has 0 spiro atoms. The smallest absolute Gasteiger partial charge is 0.339 e. The molecular weight excluding hydrogens is 254 g/mol. The van der Waals surface area contributed by atoms with Gasteiger partial charge < -0.3 is 14.5 Å². The second-order valence-corrected chi connectivity index (χ2v) is 5.33. The van der Waals surface area contributed by atoms with Gasteiger partial charge in [-0.15, -0.1) is 0 Å². The van der Waals surface area contributed by atoms with Gasteiger partial charge in [0.05, 0.1) is 12.2 Å². The Morgan fingerprint density at radius 2 is 2.30 bits per heavy atom. The first kappa shape index (κ1) is 14.8. The zero-order valence-corrected chi connectivity index (χ0v) is 12.5. The van der Waals surface area contributed by atoms with Crippen molar-refractivity contribution in [3.05, 3.63) is 23.9 Å². The quantitative estimate of drug-likeness (QED) is 0.785. The van der Waals surface area contributed by atoms with E-state index >= 15 is 0 Å². The largest absolute Gasteiger partial charge is 0.462 e. The van der Waals surface area contributed by atoms with Gasteiger partial charge in [0.2, 0.25) is 0 Å². The van der Waals surface area contributed by atoms with Crippen molar-refractivity contribution in [2.75, 3.05) is 38.7 Å². The molecule has 1 aromatic heterocycles. The second-order valence-electron chi connectivity index (χ2n) is 5.33. The maximum atomic E-state index is 11.6. The van der Waals surface area contributed by atoms with Crippen molar-refractivity contribution in [2.45, 2.75) is 25.8 Å². The molecule has 1 fully saturated rings. The first-order valence-corrected chi connectivity index (χ1v) is 7.16. The Morgan fingerprint density at radius 3 is 2.90 bits per heavy atom. The van der Waals surface area contributed by atoms with Gasteiger partial charge in [-0.1, -0.05) is 0 Å². The summed E-state index contributed by atoms with van der Waals surface area (Å²) >= 11 is 0. The highest BCUT2D eigenvalue weighted by molar-refractivity contribution is 5.89. The van der Waals surface area contributed by atoms with Crippen LogP contribution in [0.5, 0.6) is 0 Å². The molecule has 2 rings (SSSR count). The number of anilines is 1. The van der Waals surface area contributed by atoms with E-state index in [1.807, 2.05) is 6.07 Å². The molecule has 20 heavy (non-hydrogen) atoms. The van der Waals surface area contributed by atoms with E-state index in [1.165, 1.54) is 12.8 Å². The first-order valence-electron chi connectivity index (χ1n) is 7.16. The van der Waals surface area contributed by atoms with E-state index in [2.05, 4.69) is 28.9 Å². The van der Waals surface area contributed by atoms with Crippen LogP contribution in [0.15, 0.2) is 18.3 Å². The van der Waals surface area contributed by atoms with E-state index in [0.717, 1.165) is 18.9 Å². The number of esters is 1. The maximum Gasteiger partial charge on any atom is 0.339 e. The summed E-state index contributed by atoms with van der Waals surface area (Å²) in [6.07, 6.45) is 4.00. The zero-order valence-electron chi connectivity index (χ0n) is 12.5. The average molecular weight is 277 g/mol. The molecule has 1 aliphatic heterocycles. The summed E-state index contributed by atoms with van der Waals surface area (Å²) in [7, 11) is 4.23. The second kappa shape index (κ2) is 6.70. The molecule has 5 heteroatoms. The van der Waals surface area contributed by atoms with Gasteiger partial charge in [-0.2, -0.15) is 0 Å². The summed E-state index contributed by atoms with van der Waals surface area (Å²) in [6.45, 7) is 4.20. The van der Waals surface area contributed by atoms with Crippen molar-refractivity contribution in [3.8, 4) is 0 Å². The molecule has 1 unspecified atom stereocenters. The average Bonchev–Trinajstić information content (AvgIpc) is 2.48. The van der Waals surface area contributed by atoms with Crippen molar-refractivity contribution >= 4 is 11.8 Å². The lowest BCUT2D eigenvalue weighted by Gasteiger charge is -2.36. The zero-order chi connectivity index (χ0) is 14.5. The number of rotatable bonds is 4. The number of hydrogen-bond donors (Lipinski definition) is 0. The van der Waals surface area contributed by atoms with Crippen molar-refractivity contribution in [1.29, 1.82) is 0 Å². The van der Waals surface area contributed by atoms with E-state index in [0.29, 0.717) is 18.2 Å². The summed E-state index contributed by atoms with van der Waals surface area (Å²) in [5.41, 5.74) is 0.511. The van der Waals surface area contributed by atoms with Gasteiger partial charge in [0.1, 0.15) is 5.82 Å². The van der Waals surface area contributed by atoms with Crippen molar-refractivity contribution in [2.24, 2.45) is 0 Å². The van der Waals surface area contributed by atoms with Gasteiger partial charge >= 0.3 is 5.97 Å². The van der Waals surface area contributed by atoms with E-state index in [4.69, 9.17) is 4.74 Å². The third-order valence-electron chi connectivity index (χ3n) is 3.71. The predicted molar refractivity (Wildman–Crippen MR) is 79.1 cm³/mol. The van der Waals surface area contributed by atoms with Gasteiger partial charge in [0.15, 0.2) is 0 Å². The predicted octanol–water partition coefficient (Wildman–Crippen LogP) is 1.79. The molecule has 0 radical (unpaired) electrons. The standard InChI is InChI=1S/C15H23N3O2/c1-4-20-15(19)12-7-8-14(16-10-12)18-9-5-6-13(11-18)17(2)3/h7-8,10,13H,4-6,9,11H2,1-3H3. The molecule has 1 saturated heterocycles. The van der Waals surface area contributed by atoms with Crippen molar-refractivity contribution < 1.29 is 9.53 Å². The number of hydrogen-bond acceptors (Lipinski definition) is 5. The molecule has 0 amide bonds. The molecule has 0 aromatic carbocycles. The summed E-state index contributed by atoms with van der Waals surface area (Å²) in [6, 6.07) is 4.26. The third kappa shape index (κ3) is 3.48. The van der Waals surface area contributed by atoms with Crippen LogP contribution in [0.2, 0.25) is 0 Å². The van der Waals surface area contributed by atoms with E-state index in [9.17, 15) is 4.79 Å². The summed E-state index contributed by atoms with van der Waals surface area (Å²) < 4.78 is 4.96. The van der Waals surface area contributed by atoms with Crippen molar-refractivity contribution in [3.63, 3.8) is 0 Å². The molecule has 0 aliphatic carbocycles. The molecule has 5 nitrogen and oxygen atoms in total. The van der Waals surface area contributed by atoms with Crippen LogP contribution in [0.25, 0.3) is 0 Å². The topological polar surface area (TPSA) is 45.7 Å². The van der Waals surface area contributed by atoms with Gasteiger partial charge in [-0.05, 0) is 46.0 Å². The molecule has 1 aromatic rings. The molecule has 110 valence electrons. The number of carbonyl (C=O) groups is 1. The number of carbonyl (C=O) groups excluding carboxylic acids is 1. The monoisotopic (exact) mass is 277 g/mol. The molecule has 0 saturated carbocycles. The molecule has 1 atom stereocenters. The highest BCUT2D eigenvalue weighted by atomic mass is 16.5. The Bertz CT molecular complexity index is 445. The van der Waals surface area contributed by atoms with Gasteiger partial charge in [-0.25, -0.2) is 9.78 Å². The van der Waals surface area contributed by atoms with Crippen LogP contribution in [0.4, 0.5) is 5.82 Å². The minimum atomic E-state index is -0.309. The highest BCUT2D eigenvalue weighted by Gasteiger charge is 2.22. The summed E-state index contributed by atoms with van der Waals surface area (Å²) in [5, 5.41) is 0. The Kier molecular flexibility index (Phi) is 4.95. The molecule has 2 heterocycles. The SMILES string of the molecule is CCOC(=O)c1ccc(N2CCCC(N(C)C)C2)nc1. The minimum Gasteiger partial charge on any atom is -0.462 e. The molecule has 0 bridgehead atoms.